The van der Waals surface area contributed by atoms with Crippen LogP contribution in [0.3, 0.4) is 0 Å². The fraction of sp³-hybridized carbons (Fsp3) is 0.667. The third-order valence-corrected chi connectivity index (χ3v) is 5.33. The van der Waals surface area contributed by atoms with E-state index >= 15 is 0 Å². The summed E-state index contributed by atoms with van der Waals surface area (Å²) in [5.74, 6) is -0.0525. The molecule has 0 heterocycles. The van der Waals surface area contributed by atoms with Crippen molar-refractivity contribution in [3.63, 3.8) is 0 Å². The average Bonchev–Trinajstić information content (AvgIpc) is 2.62. The van der Waals surface area contributed by atoms with Crippen LogP contribution in [0.2, 0.25) is 0 Å². The third kappa shape index (κ3) is 32.8. The molecule has 0 aliphatic heterocycles. The first-order valence-corrected chi connectivity index (χ1v) is 12.0. The molecule has 0 aromatic rings. The standard InChI is InChI=1S/C10H20O4S.C4H6O2S.C4H10O.Na.H2O/c1-4-10(11)8-9(3)14-6-7-15(12,13)5-2;1-3-7(5,6)4-2;1-3-4(2)5;;/h5,9-11H,2,4,6-8H2,1,3H3;3-4H,1-2H2;4-5H,3H2,1-2H3;;1H2/q;;;+1;/p-1. The minimum Gasteiger partial charge on any atom is -0.870 e. The first-order chi connectivity index (χ1) is 12.3. The number of sulfone groups is 2. The Bertz CT molecular complexity index is 587. The van der Waals surface area contributed by atoms with Crippen LogP contribution in [-0.4, -0.2) is 63.2 Å². The van der Waals surface area contributed by atoms with E-state index < -0.39 is 19.7 Å². The second-order valence-corrected chi connectivity index (χ2v) is 9.60. The smallest absolute Gasteiger partial charge is 0.870 e. The molecular weight excluding hydrogens is 431 g/mol. The van der Waals surface area contributed by atoms with Gasteiger partial charge >= 0.3 is 29.6 Å². The first-order valence-electron chi connectivity index (χ1n) is 8.63. The molecule has 0 bridgehead atoms. The Kier molecular flexibility index (Phi) is 30.8. The molecule has 170 valence electrons. The van der Waals surface area contributed by atoms with Gasteiger partial charge in [0.05, 0.1) is 30.7 Å². The van der Waals surface area contributed by atoms with Gasteiger partial charge in [-0.15, -0.1) is 0 Å². The molecule has 0 rings (SSSR count). The van der Waals surface area contributed by atoms with Gasteiger partial charge < -0.3 is 20.4 Å². The largest absolute Gasteiger partial charge is 1.00 e. The zero-order valence-corrected chi connectivity index (χ0v) is 22.0. The molecule has 3 atom stereocenters. The van der Waals surface area contributed by atoms with Crippen molar-refractivity contribution < 1.29 is 66.8 Å². The summed E-state index contributed by atoms with van der Waals surface area (Å²) >= 11 is 0. The van der Waals surface area contributed by atoms with Gasteiger partial charge in [0.15, 0.2) is 19.7 Å². The van der Waals surface area contributed by atoms with E-state index in [0.29, 0.717) is 12.8 Å². The number of aliphatic hydroxyl groups is 2. The summed E-state index contributed by atoms with van der Waals surface area (Å²) in [5, 5.41) is 20.3. The normalized spacial score (nSPS) is 13.3. The Balaban J connectivity index is -0.000000115. The molecule has 0 amide bonds. The molecule has 0 aromatic heterocycles. The van der Waals surface area contributed by atoms with Gasteiger partial charge in [0.2, 0.25) is 0 Å². The molecule has 8 nitrogen and oxygen atoms in total. The third-order valence-electron chi connectivity index (χ3n) is 3.15. The van der Waals surface area contributed by atoms with Crippen molar-refractivity contribution in [2.45, 2.75) is 65.3 Å². The number of aliphatic hydroxyl groups excluding tert-OH is 2. The molecule has 3 N–H and O–H groups in total. The van der Waals surface area contributed by atoms with Crippen molar-refractivity contribution in [1.82, 2.24) is 0 Å². The van der Waals surface area contributed by atoms with Crippen LogP contribution in [0.15, 0.2) is 36.0 Å². The van der Waals surface area contributed by atoms with Crippen LogP contribution in [0, 0.1) is 0 Å². The van der Waals surface area contributed by atoms with Gasteiger partial charge in [-0.05, 0) is 33.1 Å². The SMILES string of the molecule is C=CS(=O)(=O)C=C.C=CS(=O)(=O)CCOC(C)CC(O)CC.CCC(C)O.[Na+].[OH-]. The Morgan fingerprint density at radius 1 is 0.931 bits per heavy atom. The van der Waals surface area contributed by atoms with Crippen molar-refractivity contribution in [3.8, 4) is 0 Å². The number of rotatable bonds is 11. The van der Waals surface area contributed by atoms with Crippen molar-refractivity contribution in [3.05, 3.63) is 36.0 Å². The maximum absolute atomic E-state index is 11.0. The van der Waals surface area contributed by atoms with E-state index in [1.807, 2.05) is 20.8 Å². The molecule has 0 fully saturated rings. The van der Waals surface area contributed by atoms with E-state index in [4.69, 9.17) is 9.84 Å². The van der Waals surface area contributed by atoms with E-state index in [0.717, 1.165) is 22.6 Å². The average molecular weight is 469 g/mol. The first kappa shape index (κ1) is 39.4. The van der Waals surface area contributed by atoms with Crippen molar-refractivity contribution in [2.24, 2.45) is 0 Å². The number of ether oxygens (including phenoxy) is 1. The van der Waals surface area contributed by atoms with Gasteiger partial charge in [-0.25, -0.2) is 16.8 Å². The van der Waals surface area contributed by atoms with Crippen molar-refractivity contribution in [2.75, 3.05) is 12.4 Å². The van der Waals surface area contributed by atoms with Gasteiger partial charge in [0, 0.05) is 16.2 Å². The maximum atomic E-state index is 11.0. The summed E-state index contributed by atoms with van der Waals surface area (Å²) in [6.45, 7) is 16.9. The van der Waals surface area contributed by atoms with Gasteiger partial charge in [-0.3, -0.25) is 0 Å². The number of hydrogen-bond acceptors (Lipinski definition) is 8. The summed E-state index contributed by atoms with van der Waals surface area (Å²) < 4.78 is 47.6. The van der Waals surface area contributed by atoms with Crippen LogP contribution in [0.25, 0.3) is 0 Å². The molecule has 0 aliphatic carbocycles. The van der Waals surface area contributed by atoms with Gasteiger partial charge in [-0.1, -0.05) is 33.6 Å². The Morgan fingerprint density at radius 3 is 1.59 bits per heavy atom. The molecule has 29 heavy (non-hydrogen) atoms. The van der Waals surface area contributed by atoms with Crippen LogP contribution in [0.1, 0.15) is 47.0 Å². The van der Waals surface area contributed by atoms with E-state index in [-0.39, 0.29) is 65.7 Å². The van der Waals surface area contributed by atoms with Gasteiger partial charge in [0.25, 0.3) is 0 Å². The predicted octanol–water partition coefficient (Wildman–Crippen LogP) is -0.597. The monoisotopic (exact) mass is 468 g/mol. The topological polar surface area (TPSA) is 148 Å². The Morgan fingerprint density at radius 2 is 1.34 bits per heavy atom. The molecule has 3 unspecified atom stereocenters. The van der Waals surface area contributed by atoms with Crippen LogP contribution in [-0.2, 0) is 24.4 Å². The van der Waals surface area contributed by atoms with Crippen LogP contribution in [0.5, 0.6) is 0 Å². The van der Waals surface area contributed by atoms with E-state index in [2.05, 4.69) is 19.7 Å². The summed E-state index contributed by atoms with van der Waals surface area (Å²) in [6.07, 6.45) is 1.45. The zero-order valence-electron chi connectivity index (χ0n) is 18.3. The minimum absolute atomic E-state index is 0. The Labute approximate surface area is 199 Å². The molecule has 0 spiro atoms. The molecular formula is C18H37NaO8S2. The van der Waals surface area contributed by atoms with Gasteiger partial charge in [-0.2, -0.15) is 0 Å². The molecule has 11 heteroatoms. The maximum Gasteiger partial charge on any atom is 1.00 e. The van der Waals surface area contributed by atoms with Crippen LogP contribution >= 0.6 is 0 Å². The molecule has 0 aliphatic rings. The molecule has 0 aromatic carbocycles. The van der Waals surface area contributed by atoms with Gasteiger partial charge in [0.1, 0.15) is 0 Å². The predicted molar refractivity (Wildman–Crippen MR) is 114 cm³/mol. The number of hydrogen-bond donors (Lipinski definition) is 2. The minimum atomic E-state index is -3.17. The molecule has 0 saturated heterocycles. The summed E-state index contributed by atoms with van der Waals surface area (Å²) in [6, 6.07) is 0. The second kappa shape index (κ2) is 22.6. The molecule has 0 radical (unpaired) electrons. The summed E-state index contributed by atoms with van der Waals surface area (Å²) in [4.78, 5) is 0. The summed E-state index contributed by atoms with van der Waals surface area (Å²) in [7, 11) is -6.30. The van der Waals surface area contributed by atoms with E-state index in [9.17, 15) is 21.9 Å². The summed E-state index contributed by atoms with van der Waals surface area (Å²) in [5.41, 5.74) is 0. The molecule has 0 saturated carbocycles. The van der Waals surface area contributed by atoms with Crippen LogP contribution in [0.4, 0.5) is 0 Å². The fourth-order valence-corrected chi connectivity index (χ4v) is 1.77. The fourth-order valence-electron chi connectivity index (χ4n) is 1.13. The zero-order chi connectivity index (χ0) is 22.1. The van der Waals surface area contributed by atoms with E-state index in [1.165, 1.54) is 0 Å². The quantitative estimate of drug-likeness (QED) is 0.382. The van der Waals surface area contributed by atoms with Crippen molar-refractivity contribution >= 4 is 19.7 Å². The second-order valence-electron chi connectivity index (χ2n) is 5.69. The van der Waals surface area contributed by atoms with Crippen LogP contribution < -0.4 is 29.6 Å². The van der Waals surface area contributed by atoms with Crippen molar-refractivity contribution in [1.29, 1.82) is 0 Å². The van der Waals surface area contributed by atoms with E-state index in [1.54, 1.807) is 6.92 Å². The Hall–Kier alpha value is -0.0400.